The average molecular weight is 273 g/mol. The molecule has 3 unspecified atom stereocenters. The van der Waals surface area contributed by atoms with E-state index in [9.17, 15) is 24.8 Å². The summed E-state index contributed by atoms with van der Waals surface area (Å²) in [4.78, 5) is 38.6. The van der Waals surface area contributed by atoms with E-state index in [-0.39, 0.29) is 6.42 Å². The van der Waals surface area contributed by atoms with E-state index >= 15 is 0 Å². The lowest BCUT2D eigenvalue weighted by Crippen LogP contribution is -2.32. The summed E-state index contributed by atoms with van der Waals surface area (Å²) in [5.41, 5.74) is -1.23. The number of aromatic amines is 1. The van der Waals surface area contributed by atoms with Gasteiger partial charge in [-0.3, -0.25) is 14.3 Å². The van der Waals surface area contributed by atoms with Gasteiger partial charge in [0, 0.05) is 18.7 Å². The second kappa shape index (κ2) is 5.20. The van der Waals surface area contributed by atoms with Crippen LogP contribution in [0.15, 0.2) is 21.9 Å². The van der Waals surface area contributed by atoms with Crippen molar-refractivity contribution in [3.63, 3.8) is 0 Å². The number of hydrogen-bond acceptors (Lipinski definition) is 7. The van der Waals surface area contributed by atoms with Crippen LogP contribution in [0.2, 0.25) is 0 Å². The molecule has 0 radical (unpaired) electrons. The number of rotatable bonds is 4. The molecule has 2 N–H and O–H groups in total. The summed E-state index contributed by atoms with van der Waals surface area (Å²) >= 11 is 0. The van der Waals surface area contributed by atoms with Gasteiger partial charge in [0.15, 0.2) is 0 Å². The highest BCUT2D eigenvalue weighted by Crippen LogP contribution is 2.27. The van der Waals surface area contributed by atoms with Crippen LogP contribution in [-0.2, 0) is 9.57 Å². The van der Waals surface area contributed by atoms with E-state index in [0.29, 0.717) is 0 Å². The van der Waals surface area contributed by atoms with Gasteiger partial charge < -0.3 is 14.7 Å². The highest BCUT2D eigenvalue weighted by atomic mass is 17.0. The van der Waals surface area contributed by atoms with E-state index in [1.165, 1.54) is 6.20 Å². The molecule has 1 aliphatic rings. The first kappa shape index (κ1) is 13.2. The zero-order chi connectivity index (χ0) is 14.0. The maximum absolute atomic E-state index is 11.5. The SMILES string of the molecule is O=c1ccn(C2CC(O)C(CO[N+](=O)[O-])O2)c(=O)[nH]1. The van der Waals surface area contributed by atoms with Gasteiger partial charge in [-0.05, 0) is 0 Å². The average Bonchev–Trinajstić information content (AvgIpc) is 2.67. The third kappa shape index (κ3) is 2.98. The number of nitrogens with zero attached hydrogens (tertiary/aromatic N) is 2. The Hall–Kier alpha value is -2.20. The van der Waals surface area contributed by atoms with E-state index < -0.39 is 41.4 Å². The number of nitrogens with one attached hydrogen (secondary N) is 1. The van der Waals surface area contributed by atoms with Crippen molar-refractivity contribution >= 4 is 0 Å². The third-order valence-corrected chi connectivity index (χ3v) is 2.71. The van der Waals surface area contributed by atoms with Gasteiger partial charge in [-0.15, -0.1) is 10.1 Å². The molecule has 0 spiro atoms. The molecule has 1 fully saturated rings. The van der Waals surface area contributed by atoms with Crippen molar-refractivity contribution in [1.82, 2.24) is 9.55 Å². The standard InChI is InChI=1S/C9H11N3O7/c13-5-3-8(19-6(5)4-18-12(16)17)11-2-1-7(14)10-9(11)15/h1-2,5-6,8,13H,3-4H2,(H,10,14,15). The van der Waals surface area contributed by atoms with Crippen molar-refractivity contribution < 1.29 is 19.8 Å². The van der Waals surface area contributed by atoms with Crippen LogP contribution in [0.5, 0.6) is 0 Å². The van der Waals surface area contributed by atoms with Gasteiger partial charge in [-0.2, -0.15) is 0 Å². The van der Waals surface area contributed by atoms with Gasteiger partial charge in [0.1, 0.15) is 18.9 Å². The molecule has 0 amide bonds. The van der Waals surface area contributed by atoms with Gasteiger partial charge in [0.25, 0.3) is 10.6 Å². The topological polar surface area (TPSA) is 137 Å². The predicted octanol–water partition coefficient (Wildman–Crippen LogP) is -1.61. The summed E-state index contributed by atoms with van der Waals surface area (Å²) in [5, 5.41) is 18.7. The summed E-state index contributed by atoms with van der Waals surface area (Å²) in [6, 6.07) is 1.14. The minimum Gasteiger partial charge on any atom is -0.390 e. The molecule has 19 heavy (non-hydrogen) atoms. The maximum atomic E-state index is 11.5. The summed E-state index contributed by atoms with van der Waals surface area (Å²) in [7, 11) is 0. The van der Waals surface area contributed by atoms with Gasteiger partial charge in [0.2, 0.25) is 0 Å². The molecule has 2 rings (SSSR count). The summed E-state index contributed by atoms with van der Waals surface area (Å²) in [5.74, 6) is 0. The second-order valence-electron chi connectivity index (χ2n) is 3.97. The first-order valence-electron chi connectivity index (χ1n) is 5.39. The third-order valence-electron chi connectivity index (χ3n) is 2.71. The molecule has 0 saturated carbocycles. The van der Waals surface area contributed by atoms with Gasteiger partial charge in [-0.25, -0.2) is 4.79 Å². The normalized spacial score (nSPS) is 26.3. The van der Waals surface area contributed by atoms with E-state index in [4.69, 9.17) is 4.74 Å². The van der Waals surface area contributed by atoms with E-state index in [0.717, 1.165) is 10.6 Å². The van der Waals surface area contributed by atoms with E-state index in [1.807, 2.05) is 4.98 Å². The van der Waals surface area contributed by atoms with Crippen LogP contribution in [0.3, 0.4) is 0 Å². The van der Waals surface area contributed by atoms with Crippen molar-refractivity contribution in [1.29, 1.82) is 0 Å². The molecule has 2 heterocycles. The molecule has 1 saturated heterocycles. The fourth-order valence-electron chi connectivity index (χ4n) is 1.82. The van der Waals surface area contributed by atoms with E-state index in [2.05, 4.69) is 4.84 Å². The minimum atomic E-state index is -0.997. The molecule has 0 aliphatic carbocycles. The highest BCUT2D eigenvalue weighted by molar-refractivity contribution is 4.88. The predicted molar refractivity (Wildman–Crippen MR) is 58.8 cm³/mol. The zero-order valence-corrected chi connectivity index (χ0v) is 9.59. The summed E-state index contributed by atoms with van der Waals surface area (Å²) in [6.07, 6.45) is -1.41. The summed E-state index contributed by atoms with van der Waals surface area (Å²) in [6.45, 7) is -0.428. The van der Waals surface area contributed by atoms with Gasteiger partial charge >= 0.3 is 5.69 Å². The minimum absolute atomic E-state index is 0.0672. The number of ether oxygens (including phenoxy) is 1. The van der Waals surface area contributed by atoms with Crippen LogP contribution >= 0.6 is 0 Å². The Bertz CT molecular complexity index is 580. The highest BCUT2D eigenvalue weighted by Gasteiger charge is 2.36. The Morgan fingerprint density at radius 2 is 2.37 bits per heavy atom. The Morgan fingerprint density at radius 3 is 3.00 bits per heavy atom. The zero-order valence-electron chi connectivity index (χ0n) is 9.59. The van der Waals surface area contributed by atoms with Crippen molar-refractivity contribution in [3.8, 4) is 0 Å². The number of aliphatic hydroxyl groups is 1. The van der Waals surface area contributed by atoms with Crippen LogP contribution in [-0.4, -0.2) is 38.6 Å². The number of H-pyrrole nitrogens is 1. The van der Waals surface area contributed by atoms with E-state index in [1.54, 1.807) is 0 Å². The summed E-state index contributed by atoms with van der Waals surface area (Å²) < 4.78 is 6.39. The number of hydrogen-bond donors (Lipinski definition) is 2. The first-order valence-corrected chi connectivity index (χ1v) is 5.39. The Morgan fingerprint density at radius 1 is 1.63 bits per heavy atom. The fourth-order valence-corrected chi connectivity index (χ4v) is 1.82. The number of aromatic nitrogens is 2. The van der Waals surface area contributed by atoms with Crippen LogP contribution < -0.4 is 11.2 Å². The smallest absolute Gasteiger partial charge is 0.330 e. The Labute approximate surface area is 105 Å². The molecular weight excluding hydrogens is 262 g/mol. The van der Waals surface area contributed by atoms with Crippen LogP contribution in [0.1, 0.15) is 12.6 Å². The lowest BCUT2D eigenvalue weighted by Gasteiger charge is -2.14. The van der Waals surface area contributed by atoms with Crippen molar-refractivity contribution in [2.45, 2.75) is 24.9 Å². The van der Waals surface area contributed by atoms with Crippen molar-refractivity contribution in [3.05, 3.63) is 43.2 Å². The lowest BCUT2D eigenvalue weighted by atomic mass is 10.2. The molecule has 3 atom stereocenters. The first-order chi connectivity index (χ1) is 8.97. The molecule has 10 heteroatoms. The molecule has 10 nitrogen and oxygen atoms in total. The molecule has 104 valence electrons. The van der Waals surface area contributed by atoms with Crippen molar-refractivity contribution in [2.75, 3.05) is 6.61 Å². The van der Waals surface area contributed by atoms with Crippen LogP contribution in [0.4, 0.5) is 0 Å². The quantitative estimate of drug-likeness (QED) is 0.497. The maximum Gasteiger partial charge on any atom is 0.330 e. The van der Waals surface area contributed by atoms with Crippen molar-refractivity contribution in [2.24, 2.45) is 0 Å². The molecule has 1 aliphatic heterocycles. The molecule has 0 aromatic carbocycles. The molecule has 0 bridgehead atoms. The monoisotopic (exact) mass is 273 g/mol. The van der Waals surface area contributed by atoms with Crippen LogP contribution in [0, 0.1) is 10.1 Å². The largest absolute Gasteiger partial charge is 0.390 e. The Balaban J connectivity index is 2.09. The number of aliphatic hydroxyl groups excluding tert-OH is 1. The molecule has 1 aromatic rings. The van der Waals surface area contributed by atoms with Crippen LogP contribution in [0.25, 0.3) is 0 Å². The lowest BCUT2D eigenvalue weighted by molar-refractivity contribution is -0.759. The Kier molecular flexibility index (Phi) is 3.62. The second-order valence-corrected chi connectivity index (χ2v) is 3.97. The molecular formula is C9H11N3O7. The van der Waals surface area contributed by atoms with Gasteiger partial charge in [0.05, 0.1) is 6.10 Å². The van der Waals surface area contributed by atoms with Gasteiger partial charge in [-0.1, -0.05) is 0 Å². The fraction of sp³-hybridized carbons (Fsp3) is 0.556. The molecule has 1 aromatic heterocycles.